The molecule has 0 unspecified atom stereocenters. The molecule has 7 heteroatoms. The summed E-state index contributed by atoms with van der Waals surface area (Å²) in [7, 11) is -3.65. The molecule has 2 aromatic carbocycles. The van der Waals surface area contributed by atoms with E-state index >= 15 is 0 Å². The minimum Gasteiger partial charge on any atom is -0.379 e. The Bertz CT molecular complexity index is 964. The molecule has 6 nitrogen and oxygen atoms in total. The number of carbonyl (C=O) groups is 1. The number of benzene rings is 2. The molecule has 1 N–H and O–H groups in total. The Morgan fingerprint density at radius 1 is 1.00 bits per heavy atom. The van der Waals surface area contributed by atoms with Crippen LogP contribution < -0.4 is 5.32 Å². The largest absolute Gasteiger partial charge is 0.379 e. The van der Waals surface area contributed by atoms with Crippen LogP contribution in [0.5, 0.6) is 0 Å². The average Bonchev–Trinajstić information content (AvgIpc) is 2.65. The van der Waals surface area contributed by atoms with Crippen LogP contribution in [0.15, 0.2) is 41.3 Å². The van der Waals surface area contributed by atoms with Crippen LogP contribution >= 0.6 is 0 Å². The number of hydrogen-bond acceptors (Lipinski definition) is 4. The van der Waals surface area contributed by atoms with E-state index in [9.17, 15) is 13.2 Å². The fraction of sp³-hybridized carbons (Fsp3) is 0.350. The molecular formula is C20H24N2O4S. The van der Waals surface area contributed by atoms with Gasteiger partial charge in [-0.3, -0.25) is 4.79 Å². The molecule has 144 valence electrons. The Balaban J connectivity index is 1.89. The number of ether oxygens (including phenoxy) is 1. The molecule has 1 aliphatic rings. The number of aryl methyl sites for hydroxylation is 3. The van der Waals surface area contributed by atoms with Crippen molar-refractivity contribution < 1.29 is 17.9 Å². The number of nitrogens with zero attached hydrogens (tertiary/aromatic N) is 1. The Morgan fingerprint density at radius 3 is 2.37 bits per heavy atom. The summed E-state index contributed by atoms with van der Waals surface area (Å²) in [5.41, 5.74) is 3.85. The summed E-state index contributed by atoms with van der Waals surface area (Å²) < 4.78 is 32.3. The number of nitrogens with one attached hydrogen (secondary N) is 1. The van der Waals surface area contributed by atoms with E-state index in [2.05, 4.69) is 5.32 Å². The lowest BCUT2D eigenvalue weighted by molar-refractivity contribution is 0.0730. The van der Waals surface area contributed by atoms with Crippen LogP contribution in [-0.4, -0.2) is 44.9 Å². The lowest BCUT2D eigenvalue weighted by Gasteiger charge is -2.26. The number of carbonyl (C=O) groups excluding carboxylic acids is 1. The molecule has 3 rings (SSSR count). The summed E-state index contributed by atoms with van der Waals surface area (Å²) >= 11 is 0. The molecule has 0 saturated carbocycles. The summed E-state index contributed by atoms with van der Waals surface area (Å²) in [5, 5.41) is 2.89. The topological polar surface area (TPSA) is 75.7 Å². The normalized spacial score (nSPS) is 15.5. The quantitative estimate of drug-likeness (QED) is 0.874. The highest BCUT2D eigenvalue weighted by atomic mass is 32.2. The van der Waals surface area contributed by atoms with Gasteiger partial charge in [-0.1, -0.05) is 23.8 Å². The highest BCUT2D eigenvalue weighted by Crippen LogP contribution is 2.22. The van der Waals surface area contributed by atoms with Crippen molar-refractivity contribution in [2.75, 3.05) is 31.6 Å². The second-order valence-corrected chi connectivity index (χ2v) is 8.70. The minimum absolute atomic E-state index is 0.126. The second-order valence-electron chi connectivity index (χ2n) is 6.77. The van der Waals surface area contributed by atoms with Gasteiger partial charge in [-0.2, -0.15) is 4.31 Å². The van der Waals surface area contributed by atoms with Crippen molar-refractivity contribution in [3.05, 3.63) is 58.7 Å². The zero-order chi connectivity index (χ0) is 19.6. The van der Waals surface area contributed by atoms with Gasteiger partial charge in [-0.25, -0.2) is 8.42 Å². The van der Waals surface area contributed by atoms with Crippen molar-refractivity contribution in [2.24, 2.45) is 0 Å². The summed E-state index contributed by atoms with van der Waals surface area (Å²) in [5.74, 6) is -0.321. The zero-order valence-electron chi connectivity index (χ0n) is 15.8. The van der Waals surface area contributed by atoms with Gasteiger partial charge >= 0.3 is 0 Å². The van der Waals surface area contributed by atoms with Crippen LogP contribution in [0.3, 0.4) is 0 Å². The van der Waals surface area contributed by atoms with Gasteiger partial charge in [0, 0.05) is 24.3 Å². The predicted octanol–water partition coefficient (Wildman–Crippen LogP) is 2.89. The fourth-order valence-electron chi connectivity index (χ4n) is 3.09. The molecule has 0 spiro atoms. The third kappa shape index (κ3) is 4.21. The first-order chi connectivity index (χ1) is 12.8. The molecule has 2 aromatic rings. The monoisotopic (exact) mass is 388 g/mol. The van der Waals surface area contributed by atoms with Gasteiger partial charge in [0.25, 0.3) is 5.91 Å². The van der Waals surface area contributed by atoms with Crippen molar-refractivity contribution in [1.29, 1.82) is 0 Å². The first kappa shape index (κ1) is 19.5. The van der Waals surface area contributed by atoms with Crippen molar-refractivity contribution >= 4 is 21.6 Å². The molecule has 27 heavy (non-hydrogen) atoms. The Morgan fingerprint density at radius 2 is 1.70 bits per heavy atom. The minimum atomic E-state index is -3.65. The first-order valence-corrected chi connectivity index (χ1v) is 10.3. The van der Waals surface area contributed by atoms with E-state index in [1.54, 1.807) is 19.1 Å². The highest BCUT2D eigenvalue weighted by molar-refractivity contribution is 7.89. The lowest BCUT2D eigenvalue weighted by atomic mass is 10.1. The van der Waals surface area contributed by atoms with Crippen molar-refractivity contribution in [3.63, 3.8) is 0 Å². The Labute approximate surface area is 160 Å². The summed E-state index contributed by atoms with van der Waals surface area (Å²) in [6, 6.07) is 10.4. The van der Waals surface area contributed by atoms with Crippen LogP contribution in [0.4, 0.5) is 5.69 Å². The van der Waals surface area contributed by atoms with Gasteiger partial charge in [-0.05, 0) is 50.1 Å². The third-order valence-corrected chi connectivity index (χ3v) is 6.59. The van der Waals surface area contributed by atoms with E-state index < -0.39 is 10.0 Å². The smallest absolute Gasteiger partial charge is 0.255 e. The maximum Gasteiger partial charge on any atom is 0.255 e. The molecule has 1 fully saturated rings. The molecule has 0 atom stereocenters. The Hall–Kier alpha value is -2.22. The molecule has 0 aromatic heterocycles. The summed E-state index contributed by atoms with van der Waals surface area (Å²) in [6.45, 7) is 7.11. The average molecular weight is 388 g/mol. The molecule has 1 aliphatic heterocycles. The van der Waals surface area contributed by atoms with Crippen molar-refractivity contribution in [3.8, 4) is 0 Å². The molecule has 1 heterocycles. The molecule has 0 aliphatic carbocycles. The van der Waals surface area contributed by atoms with E-state index in [-0.39, 0.29) is 10.8 Å². The van der Waals surface area contributed by atoms with E-state index in [0.717, 1.165) is 16.7 Å². The molecule has 0 bridgehead atoms. The molecule has 0 radical (unpaired) electrons. The maximum atomic E-state index is 12.9. The van der Waals surface area contributed by atoms with E-state index in [4.69, 9.17) is 4.74 Å². The number of rotatable bonds is 4. The number of amides is 1. The molecule has 1 amide bonds. The van der Waals surface area contributed by atoms with Gasteiger partial charge in [0.05, 0.1) is 18.1 Å². The van der Waals surface area contributed by atoms with Crippen LogP contribution in [0, 0.1) is 20.8 Å². The summed E-state index contributed by atoms with van der Waals surface area (Å²) in [6.07, 6.45) is 0. The van der Waals surface area contributed by atoms with E-state index in [1.165, 1.54) is 10.4 Å². The van der Waals surface area contributed by atoms with E-state index in [0.29, 0.717) is 37.6 Å². The van der Waals surface area contributed by atoms with Gasteiger partial charge < -0.3 is 10.1 Å². The fourth-order valence-corrected chi connectivity index (χ4v) is 4.52. The number of morpholine rings is 1. The predicted molar refractivity (Wildman–Crippen MR) is 105 cm³/mol. The van der Waals surface area contributed by atoms with Gasteiger partial charge in [0.2, 0.25) is 10.0 Å². The van der Waals surface area contributed by atoms with Crippen LogP contribution in [0.1, 0.15) is 27.0 Å². The molecular weight excluding hydrogens is 364 g/mol. The SMILES string of the molecule is Cc1ccc(NC(=O)c2cc(S(=O)(=O)N3CCOCC3)ccc2C)c(C)c1. The second kappa shape index (κ2) is 7.80. The first-order valence-electron chi connectivity index (χ1n) is 8.86. The maximum absolute atomic E-state index is 12.9. The zero-order valence-corrected chi connectivity index (χ0v) is 16.6. The number of hydrogen-bond donors (Lipinski definition) is 1. The third-order valence-electron chi connectivity index (χ3n) is 4.69. The number of anilines is 1. The van der Waals surface area contributed by atoms with Crippen LogP contribution in [0.2, 0.25) is 0 Å². The van der Waals surface area contributed by atoms with E-state index in [1.807, 2.05) is 32.0 Å². The summed E-state index contributed by atoms with van der Waals surface area (Å²) in [4.78, 5) is 12.9. The van der Waals surface area contributed by atoms with Gasteiger partial charge in [0.1, 0.15) is 0 Å². The van der Waals surface area contributed by atoms with Gasteiger partial charge in [0.15, 0.2) is 0 Å². The van der Waals surface area contributed by atoms with Crippen molar-refractivity contribution in [1.82, 2.24) is 4.31 Å². The number of sulfonamides is 1. The van der Waals surface area contributed by atoms with Crippen molar-refractivity contribution in [2.45, 2.75) is 25.7 Å². The highest BCUT2D eigenvalue weighted by Gasteiger charge is 2.27. The lowest BCUT2D eigenvalue weighted by Crippen LogP contribution is -2.40. The molecule has 1 saturated heterocycles. The van der Waals surface area contributed by atoms with Crippen LogP contribution in [-0.2, 0) is 14.8 Å². The standard InChI is InChI=1S/C20H24N2O4S/c1-14-4-7-19(16(3)12-14)21-20(23)18-13-17(6-5-15(18)2)27(24,25)22-8-10-26-11-9-22/h4-7,12-13H,8-11H2,1-3H3,(H,21,23). The van der Waals surface area contributed by atoms with Gasteiger partial charge in [-0.15, -0.1) is 0 Å². The van der Waals surface area contributed by atoms with Crippen LogP contribution in [0.25, 0.3) is 0 Å². The Kier molecular flexibility index (Phi) is 5.64.